The minimum atomic E-state index is -1.06. The fraction of sp³-hybridized carbons (Fsp3) is 0.615. The van der Waals surface area contributed by atoms with Crippen molar-refractivity contribution in [1.82, 2.24) is 10.3 Å². The van der Waals surface area contributed by atoms with Gasteiger partial charge in [-0.05, 0) is 53.7 Å². The minimum absolute atomic E-state index is 0.384. The lowest BCUT2D eigenvalue weighted by Gasteiger charge is -2.34. The Balaban J connectivity index is 1.73. The molecule has 1 aromatic heterocycles. The summed E-state index contributed by atoms with van der Waals surface area (Å²) in [5, 5.41) is 3.47. The van der Waals surface area contributed by atoms with Crippen molar-refractivity contribution in [3.8, 4) is 0 Å². The molecule has 3 heterocycles. The molecule has 0 radical (unpaired) electrons. The third-order valence-electron chi connectivity index (χ3n) is 3.85. The van der Waals surface area contributed by atoms with Crippen LogP contribution in [0, 0.1) is 0 Å². The van der Waals surface area contributed by atoms with Crippen LogP contribution in [0.1, 0.15) is 31.4 Å². The Morgan fingerprint density at radius 2 is 2.06 bits per heavy atom. The molecule has 1 aromatic rings. The molecule has 2 unspecified atom stereocenters. The molecule has 92 valence electrons. The Labute approximate surface area is 109 Å². The molecule has 2 aliphatic rings. The second-order valence-corrected chi connectivity index (χ2v) is 6.26. The minimum Gasteiger partial charge on any atom is -0.311 e. The molecule has 2 atom stereocenters. The molecule has 2 bridgehead atoms. The first-order chi connectivity index (χ1) is 8.13. The van der Waals surface area contributed by atoms with Crippen LogP contribution in [0.25, 0.3) is 0 Å². The highest BCUT2D eigenvalue weighted by Gasteiger charge is 2.44. The maximum Gasteiger partial charge on any atom is 0.119 e. The lowest BCUT2D eigenvalue weighted by atomic mass is 9.85. The molecule has 17 heavy (non-hydrogen) atoms. The fourth-order valence-corrected chi connectivity index (χ4v) is 3.41. The topological polar surface area (TPSA) is 24.9 Å². The zero-order valence-electron chi connectivity index (χ0n) is 9.63. The fourth-order valence-electron chi connectivity index (χ4n) is 3.17. The lowest BCUT2D eigenvalue weighted by molar-refractivity contribution is 0.0883. The molecule has 0 saturated carbocycles. The molecule has 2 saturated heterocycles. The first kappa shape index (κ1) is 11.6. The molecule has 2 fully saturated rings. The van der Waals surface area contributed by atoms with Gasteiger partial charge in [0, 0.05) is 34.9 Å². The number of nitrogens with one attached hydrogen (secondary N) is 1. The van der Waals surface area contributed by atoms with Gasteiger partial charge in [-0.2, -0.15) is 0 Å². The van der Waals surface area contributed by atoms with E-state index >= 15 is 0 Å². The zero-order valence-corrected chi connectivity index (χ0v) is 11.2. The maximum absolute atomic E-state index is 14.8. The number of hydrogen-bond acceptors (Lipinski definition) is 2. The zero-order chi connectivity index (χ0) is 11.9. The molecule has 0 aliphatic carbocycles. The van der Waals surface area contributed by atoms with Crippen LogP contribution in [-0.2, 0) is 6.42 Å². The Morgan fingerprint density at radius 3 is 2.65 bits per heavy atom. The van der Waals surface area contributed by atoms with E-state index in [2.05, 4.69) is 26.2 Å². The van der Waals surface area contributed by atoms with Crippen molar-refractivity contribution < 1.29 is 4.39 Å². The van der Waals surface area contributed by atoms with Gasteiger partial charge in [-0.3, -0.25) is 4.98 Å². The summed E-state index contributed by atoms with van der Waals surface area (Å²) in [7, 11) is 0. The number of fused-ring (bicyclic) bond motifs is 2. The molecule has 2 aliphatic heterocycles. The summed E-state index contributed by atoms with van der Waals surface area (Å²) in [6.07, 6.45) is 5.74. The van der Waals surface area contributed by atoms with Gasteiger partial charge in [0.1, 0.15) is 5.67 Å². The Hall–Kier alpha value is -0.480. The Bertz CT molecular complexity index is 394. The number of hydrogen-bond donors (Lipinski definition) is 1. The van der Waals surface area contributed by atoms with Gasteiger partial charge in [0.05, 0.1) is 0 Å². The van der Waals surface area contributed by atoms with Gasteiger partial charge in [-0.15, -0.1) is 0 Å². The molecule has 1 N–H and O–H groups in total. The summed E-state index contributed by atoms with van der Waals surface area (Å²) in [6.45, 7) is 0. The van der Waals surface area contributed by atoms with Gasteiger partial charge in [0.15, 0.2) is 0 Å². The van der Waals surface area contributed by atoms with Gasteiger partial charge in [0.25, 0.3) is 0 Å². The van der Waals surface area contributed by atoms with Gasteiger partial charge >= 0.3 is 0 Å². The summed E-state index contributed by atoms with van der Waals surface area (Å²) in [5.41, 5.74) is -0.199. The number of rotatable bonds is 2. The average Bonchev–Trinajstić information content (AvgIpc) is 2.62. The normalized spacial score (nSPS) is 36.1. The van der Waals surface area contributed by atoms with E-state index in [1.807, 2.05) is 12.1 Å². The van der Waals surface area contributed by atoms with E-state index in [9.17, 15) is 4.39 Å². The van der Waals surface area contributed by atoms with Crippen LogP contribution in [-0.4, -0.2) is 22.7 Å². The van der Waals surface area contributed by atoms with E-state index in [1.54, 1.807) is 6.20 Å². The largest absolute Gasteiger partial charge is 0.311 e. The van der Waals surface area contributed by atoms with Crippen molar-refractivity contribution in [3.05, 3.63) is 28.5 Å². The molecule has 0 amide bonds. The number of halogens is 2. The number of nitrogens with zero attached hydrogens (tertiary/aromatic N) is 1. The van der Waals surface area contributed by atoms with Gasteiger partial charge in [-0.25, -0.2) is 4.39 Å². The quantitative estimate of drug-likeness (QED) is 0.908. The smallest absolute Gasteiger partial charge is 0.119 e. The van der Waals surface area contributed by atoms with Crippen LogP contribution < -0.4 is 5.32 Å². The third-order valence-corrected chi connectivity index (χ3v) is 4.32. The summed E-state index contributed by atoms with van der Waals surface area (Å²) in [4.78, 5) is 4.28. The summed E-state index contributed by atoms with van der Waals surface area (Å²) in [6, 6.07) is 4.61. The van der Waals surface area contributed by atoms with Crippen LogP contribution in [0.3, 0.4) is 0 Å². The van der Waals surface area contributed by atoms with Crippen molar-refractivity contribution in [1.29, 1.82) is 0 Å². The summed E-state index contributed by atoms with van der Waals surface area (Å²) < 4.78 is 15.8. The summed E-state index contributed by atoms with van der Waals surface area (Å²) >= 11 is 3.35. The Morgan fingerprint density at radius 1 is 1.35 bits per heavy atom. The van der Waals surface area contributed by atoms with E-state index in [0.29, 0.717) is 31.3 Å². The average molecular weight is 299 g/mol. The highest BCUT2D eigenvalue weighted by atomic mass is 79.9. The van der Waals surface area contributed by atoms with Crippen LogP contribution >= 0.6 is 15.9 Å². The Kier molecular flexibility index (Phi) is 2.95. The van der Waals surface area contributed by atoms with E-state index in [0.717, 1.165) is 23.0 Å². The number of aromatic nitrogens is 1. The highest BCUT2D eigenvalue weighted by Crippen LogP contribution is 2.38. The van der Waals surface area contributed by atoms with Crippen molar-refractivity contribution >= 4 is 15.9 Å². The first-order valence-electron chi connectivity index (χ1n) is 6.18. The van der Waals surface area contributed by atoms with E-state index in [4.69, 9.17) is 0 Å². The number of alkyl halides is 1. The second kappa shape index (κ2) is 4.32. The predicted molar refractivity (Wildman–Crippen MR) is 68.7 cm³/mol. The van der Waals surface area contributed by atoms with Gasteiger partial charge in [-0.1, -0.05) is 0 Å². The van der Waals surface area contributed by atoms with Gasteiger partial charge in [0.2, 0.25) is 0 Å². The van der Waals surface area contributed by atoms with E-state index < -0.39 is 5.67 Å². The molecule has 0 spiro atoms. The van der Waals surface area contributed by atoms with E-state index in [-0.39, 0.29) is 0 Å². The van der Waals surface area contributed by atoms with Crippen LogP contribution in [0.4, 0.5) is 4.39 Å². The second-order valence-electron chi connectivity index (χ2n) is 5.34. The standard InChI is InChI=1S/C13H16BrFN2/c14-9-1-2-10(16-8-9)5-13(15)6-11-3-4-12(7-13)17-11/h1-2,8,11-12,17H,3-7H2. The van der Waals surface area contributed by atoms with Crippen LogP contribution in [0.2, 0.25) is 0 Å². The van der Waals surface area contributed by atoms with Crippen LogP contribution in [0.5, 0.6) is 0 Å². The molecular formula is C13H16BrFN2. The van der Waals surface area contributed by atoms with Gasteiger partial charge < -0.3 is 5.32 Å². The molecular weight excluding hydrogens is 283 g/mol. The lowest BCUT2D eigenvalue weighted by Crippen LogP contribution is -2.47. The van der Waals surface area contributed by atoms with Crippen molar-refractivity contribution in [2.24, 2.45) is 0 Å². The van der Waals surface area contributed by atoms with E-state index in [1.165, 1.54) is 0 Å². The SMILES string of the molecule is FC1(Cc2ccc(Br)cn2)CC2CCC(C1)N2. The first-order valence-corrected chi connectivity index (χ1v) is 6.98. The molecule has 4 heteroatoms. The predicted octanol–water partition coefficient (Wildman–Crippen LogP) is 3.01. The monoisotopic (exact) mass is 298 g/mol. The molecule has 2 nitrogen and oxygen atoms in total. The molecule has 0 aromatic carbocycles. The highest BCUT2D eigenvalue weighted by molar-refractivity contribution is 9.10. The third kappa shape index (κ3) is 2.52. The van der Waals surface area contributed by atoms with Crippen molar-refractivity contribution in [2.45, 2.75) is 49.9 Å². The van der Waals surface area contributed by atoms with Crippen molar-refractivity contribution in [3.63, 3.8) is 0 Å². The summed E-state index contributed by atoms with van der Waals surface area (Å²) in [5.74, 6) is 0. The maximum atomic E-state index is 14.8. The van der Waals surface area contributed by atoms with Crippen LogP contribution in [0.15, 0.2) is 22.8 Å². The number of pyridine rings is 1. The van der Waals surface area contributed by atoms with Crippen molar-refractivity contribution in [2.75, 3.05) is 0 Å². The number of piperidine rings is 1. The molecule has 3 rings (SSSR count).